The Morgan fingerprint density at radius 2 is 2.06 bits per heavy atom. The van der Waals surface area contributed by atoms with Gasteiger partial charge in [0.1, 0.15) is 17.6 Å². The Kier molecular flexibility index (Phi) is 2.92. The molecule has 1 saturated carbocycles. The van der Waals surface area contributed by atoms with Crippen LogP contribution >= 0.6 is 0 Å². The van der Waals surface area contributed by atoms with Gasteiger partial charge in [-0.3, -0.25) is 4.79 Å². The van der Waals surface area contributed by atoms with Gasteiger partial charge in [-0.25, -0.2) is 4.79 Å². The minimum atomic E-state index is -1.09. The van der Waals surface area contributed by atoms with Crippen LogP contribution in [0.5, 0.6) is 0 Å². The van der Waals surface area contributed by atoms with Gasteiger partial charge in [0.15, 0.2) is 0 Å². The molecule has 1 aliphatic carbocycles. The van der Waals surface area contributed by atoms with Crippen molar-refractivity contribution in [2.75, 3.05) is 0 Å². The third kappa shape index (κ3) is 2.18. The molecule has 1 heterocycles. The quantitative estimate of drug-likeness (QED) is 0.838. The Hall–Kier alpha value is -1.78. The van der Waals surface area contributed by atoms with Gasteiger partial charge in [0.05, 0.1) is 5.56 Å². The second-order valence-corrected chi connectivity index (χ2v) is 4.49. The third-order valence-electron chi connectivity index (χ3n) is 3.21. The molecule has 17 heavy (non-hydrogen) atoms. The highest BCUT2D eigenvalue weighted by molar-refractivity contribution is 5.97. The number of carbonyl (C=O) groups is 2. The van der Waals surface area contributed by atoms with Crippen molar-refractivity contribution in [3.63, 3.8) is 0 Å². The Morgan fingerprint density at radius 1 is 1.41 bits per heavy atom. The zero-order valence-corrected chi connectivity index (χ0v) is 9.66. The van der Waals surface area contributed by atoms with Crippen molar-refractivity contribution in [3.8, 4) is 0 Å². The predicted molar refractivity (Wildman–Crippen MR) is 59.7 cm³/mol. The van der Waals surface area contributed by atoms with E-state index in [0.29, 0.717) is 24.2 Å². The molecule has 0 aliphatic heterocycles. The molecule has 0 atom stereocenters. The Balaban J connectivity index is 2.14. The molecule has 5 nitrogen and oxygen atoms in total. The fraction of sp³-hybridized carbons (Fsp3) is 0.500. The van der Waals surface area contributed by atoms with Gasteiger partial charge >= 0.3 is 5.97 Å². The number of carboxylic acid groups (broad SMARTS) is 1. The van der Waals surface area contributed by atoms with Crippen LogP contribution in [-0.2, 0) is 4.79 Å². The van der Waals surface area contributed by atoms with Gasteiger partial charge in [-0.1, -0.05) is 12.8 Å². The topological polar surface area (TPSA) is 79.5 Å². The van der Waals surface area contributed by atoms with Gasteiger partial charge in [0, 0.05) is 0 Å². The van der Waals surface area contributed by atoms with Crippen molar-refractivity contribution in [3.05, 3.63) is 23.7 Å². The molecule has 2 N–H and O–H groups in total. The fourth-order valence-electron chi connectivity index (χ4n) is 2.22. The van der Waals surface area contributed by atoms with Gasteiger partial charge in [-0.2, -0.15) is 0 Å². The largest absolute Gasteiger partial charge is 0.480 e. The average Bonchev–Trinajstić information content (AvgIpc) is 2.87. The summed E-state index contributed by atoms with van der Waals surface area (Å²) in [5.41, 5.74) is -0.725. The van der Waals surface area contributed by atoms with Crippen molar-refractivity contribution in [2.24, 2.45) is 0 Å². The maximum atomic E-state index is 11.9. The molecule has 1 aromatic rings. The molecule has 1 aliphatic rings. The lowest BCUT2D eigenvalue weighted by Crippen LogP contribution is -2.52. The first-order chi connectivity index (χ1) is 8.03. The number of rotatable bonds is 3. The van der Waals surface area contributed by atoms with Gasteiger partial charge in [-0.05, 0) is 25.8 Å². The third-order valence-corrected chi connectivity index (χ3v) is 3.21. The van der Waals surface area contributed by atoms with Crippen molar-refractivity contribution < 1.29 is 19.1 Å². The second-order valence-electron chi connectivity index (χ2n) is 4.49. The number of furan rings is 1. The number of hydrogen-bond donors (Lipinski definition) is 2. The number of nitrogens with one attached hydrogen (secondary N) is 1. The summed E-state index contributed by atoms with van der Waals surface area (Å²) in [5.74, 6) is -0.708. The number of amides is 1. The van der Waals surface area contributed by atoms with Crippen molar-refractivity contribution in [1.82, 2.24) is 5.32 Å². The lowest BCUT2D eigenvalue weighted by molar-refractivity contribution is -0.144. The summed E-state index contributed by atoms with van der Waals surface area (Å²) in [6.45, 7) is 1.74. The maximum absolute atomic E-state index is 11.9. The molecule has 92 valence electrons. The average molecular weight is 237 g/mol. The van der Waals surface area contributed by atoms with Crippen LogP contribution in [0.1, 0.15) is 41.8 Å². The maximum Gasteiger partial charge on any atom is 0.329 e. The molecule has 0 aromatic carbocycles. The van der Waals surface area contributed by atoms with Crippen LogP contribution in [-0.4, -0.2) is 22.5 Å². The van der Waals surface area contributed by atoms with E-state index in [9.17, 15) is 14.7 Å². The van der Waals surface area contributed by atoms with Crippen LogP contribution in [0, 0.1) is 6.92 Å². The van der Waals surface area contributed by atoms with E-state index in [1.165, 1.54) is 6.26 Å². The minimum Gasteiger partial charge on any atom is -0.480 e. The summed E-state index contributed by atoms with van der Waals surface area (Å²) in [6.07, 6.45) is 3.99. The Morgan fingerprint density at radius 3 is 2.53 bits per heavy atom. The van der Waals surface area contributed by atoms with E-state index in [-0.39, 0.29) is 5.91 Å². The lowest BCUT2D eigenvalue weighted by Gasteiger charge is -2.24. The SMILES string of the molecule is Cc1cc(C(=O)NC2(C(=O)O)CCCC2)co1. The molecule has 2 rings (SSSR count). The zero-order valence-electron chi connectivity index (χ0n) is 9.66. The van der Waals surface area contributed by atoms with Crippen LogP contribution in [0.2, 0.25) is 0 Å². The molecule has 0 saturated heterocycles. The highest BCUT2D eigenvalue weighted by atomic mass is 16.4. The van der Waals surface area contributed by atoms with Crippen LogP contribution in [0.25, 0.3) is 0 Å². The predicted octanol–water partition coefficient (Wildman–Crippen LogP) is 1.72. The summed E-state index contributed by atoms with van der Waals surface area (Å²) in [4.78, 5) is 23.1. The number of aryl methyl sites for hydroxylation is 1. The molecule has 1 fully saturated rings. The summed E-state index contributed by atoms with van der Waals surface area (Å²) in [7, 11) is 0. The summed E-state index contributed by atoms with van der Waals surface area (Å²) in [6, 6.07) is 1.60. The van der Waals surface area contributed by atoms with Gasteiger partial charge in [0.2, 0.25) is 0 Å². The standard InChI is InChI=1S/C12H15NO4/c1-8-6-9(7-17-8)10(14)13-12(11(15)16)4-2-3-5-12/h6-7H,2-5H2,1H3,(H,13,14)(H,15,16). The molecule has 0 unspecified atom stereocenters. The summed E-state index contributed by atoms with van der Waals surface area (Å²) >= 11 is 0. The fourth-order valence-corrected chi connectivity index (χ4v) is 2.22. The first-order valence-corrected chi connectivity index (χ1v) is 5.64. The molecule has 0 radical (unpaired) electrons. The van der Waals surface area contributed by atoms with E-state index >= 15 is 0 Å². The Labute approximate surface area is 98.8 Å². The number of hydrogen-bond acceptors (Lipinski definition) is 3. The van der Waals surface area contributed by atoms with E-state index in [4.69, 9.17) is 4.42 Å². The van der Waals surface area contributed by atoms with Gasteiger partial charge in [0.25, 0.3) is 5.91 Å². The Bertz CT molecular complexity index is 443. The number of aliphatic carboxylic acids is 1. The molecule has 5 heteroatoms. The highest BCUT2D eigenvalue weighted by Gasteiger charge is 2.42. The van der Waals surface area contributed by atoms with E-state index in [2.05, 4.69) is 5.32 Å². The van der Waals surface area contributed by atoms with Crippen molar-refractivity contribution in [1.29, 1.82) is 0 Å². The normalized spacial score (nSPS) is 17.9. The van der Waals surface area contributed by atoms with Crippen LogP contribution in [0.4, 0.5) is 0 Å². The second kappa shape index (κ2) is 4.24. The zero-order chi connectivity index (χ0) is 12.5. The molecular formula is C12H15NO4. The van der Waals surface area contributed by atoms with Crippen LogP contribution < -0.4 is 5.32 Å². The number of carbonyl (C=O) groups excluding carboxylic acids is 1. The van der Waals surface area contributed by atoms with E-state index < -0.39 is 11.5 Å². The number of carboxylic acids is 1. The van der Waals surface area contributed by atoms with Crippen molar-refractivity contribution in [2.45, 2.75) is 38.1 Å². The van der Waals surface area contributed by atoms with Crippen molar-refractivity contribution >= 4 is 11.9 Å². The molecular weight excluding hydrogens is 222 g/mol. The molecule has 1 aromatic heterocycles. The first-order valence-electron chi connectivity index (χ1n) is 5.64. The summed E-state index contributed by atoms with van der Waals surface area (Å²) in [5, 5.41) is 11.8. The monoisotopic (exact) mass is 237 g/mol. The van der Waals surface area contributed by atoms with E-state index in [1.807, 2.05) is 0 Å². The van der Waals surface area contributed by atoms with E-state index in [1.54, 1.807) is 13.0 Å². The minimum absolute atomic E-state index is 0.370. The molecule has 0 bridgehead atoms. The van der Waals surface area contributed by atoms with Crippen LogP contribution in [0.3, 0.4) is 0 Å². The van der Waals surface area contributed by atoms with Gasteiger partial charge in [-0.15, -0.1) is 0 Å². The highest BCUT2D eigenvalue weighted by Crippen LogP contribution is 2.30. The van der Waals surface area contributed by atoms with E-state index in [0.717, 1.165) is 12.8 Å². The smallest absolute Gasteiger partial charge is 0.329 e. The lowest BCUT2D eigenvalue weighted by atomic mass is 9.97. The first kappa shape index (κ1) is 11.7. The summed E-state index contributed by atoms with van der Waals surface area (Å²) < 4.78 is 5.04. The van der Waals surface area contributed by atoms with Gasteiger partial charge < -0.3 is 14.8 Å². The molecule has 0 spiro atoms. The molecule has 1 amide bonds. The van der Waals surface area contributed by atoms with Crippen LogP contribution in [0.15, 0.2) is 16.7 Å².